The Morgan fingerprint density at radius 1 is 1.35 bits per heavy atom. The third-order valence-electron chi connectivity index (χ3n) is 2.54. The number of ether oxygens (including phenoxy) is 3. The zero-order chi connectivity index (χ0) is 15.0. The molecule has 0 saturated heterocycles. The smallest absolute Gasteiger partial charge is 0.405 e. The third kappa shape index (κ3) is 5.54. The van der Waals surface area contributed by atoms with Gasteiger partial charge in [0.05, 0.1) is 0 Å². The van der Waals surface area contributed by atoms with Crippen molar-refractivity contribution in [3.05, 3.63) is 33.8 Å². The van der Waals surface area contributed by atoms with Gasteiger partial charge < -0.3 is 19.9 Å². The van der Waals surface area contributed by atoms with E-state index < -0.39 is 12.2 Å². The first-order valence-electron chi connectivity index (χ1n) is 6.03. The highest BCUT2D eigenvalue weighted by molar-refractivity contribution is 6.36. The van der Waals surface area contributed by atoms with Crippen molar-refractivity contribution in [1.29, 1.82) is 0 Å². The van der Waals surface area contributed by atoms with Crippen molar-refractivity contribution >= 4 is 29.3 Å². The summed E-state index contributed by atoms with van der Waals surface area (Å²) in [5.74, 6) is 0. The van der Waals surface area contributed by atoms with Gasteiger partial charge in [0.25, 0.3) is 0 Å². The topological polar surface area (TPSA) is 70.8 Å². The average molecular weight is 322 g/mol. The van der Waals surface area contributed by atoms with E-state index in [-0.39, 0.29) is 6.79 Å². The number of primary amides is 1. The van der Waals surface area contributed by atoms with Crippen LogP contribution in [0.3, 0.4) is 0 Å². The number of halogens is 2. The molecule has 1 aromatic rings. The molecule has 1 atom stereocenters. The lowest BCUT2D eigenvalue weighted by Gasteiger charge is -2.19. The van der Waals surface area contributed by atoms with Crippen molar-refractivity contribution in [2.45, 2.75) is 18.9 Å². The molecule has 0 saturated carbocycles. The van der Waals surface area contributed by atoms with Crippen LogP contribution in [0.15, 0.2) is 18.2 Å². The van der Waals surface area contributed by atoms with E-state index in [9.17, 15) is 4.79 Å². The van der Waals surface area contributed by atoms with Crippen LogP contribution in [0.1, 0.15) is 24.5 Å². The summed E-state index contributed by atoms with van der Waals surface area (Å²) in [6, 6.07) is 5.08. The molecular weight excluding hydrogens is 305 g/mol. The Bertz CT molecular complexity index is 422. The van der Waals surface area contributed by atoms with E-state index in [0.717, 1.165) is 0 Å². The third-order valence-corrected chi connectivity index (χ3v) is 3.20. The molecule has 0 radical (unpaired) electrons. The summed E-state index contributed by atoms with van der Waals surface area (Å²) in [7, 11) is 1.54. The first kappa shape index (κ1) is 17.0. The maximum atomic E-state index is 11.0. The molecule has 1 rings (SSSR count). The lowest BCUT2D eigenvalue weighted by atomic mass is 10.0. The highest BCUT2D eigenvalue weighted by Gasteiger charge is 2.21. The van der Waals surface area contributed by atoms with E-state index >= 15 is 0 Å². The van der Waals surface area contributed by atoms with Crippen LogP contribution in [0.4, 0.5) is 4.79 Å². The molecule has 0 bridgehead atoms. The van der Waals surface area contributed by atoms with Crippen molar-refractivity contribution in [3.63, 3.8) is 0 Å². The zero-order valence-electron chi connectivity index (χ0n) is 11.1. The molecule has 5 nitrogen and oxygen atoms in total. The Labute approximate surface area is 127 Å². The molecule has 2 N–H and O–H groups in total. The van der Waals surface area contributed by atoms with Gasteiger partial charge in [0.1, 0.15) is 12.9 Å². The van der Waals surface area contributed by atoms with Crippen LogP contribution in [-0.2, 0) is 14.2 Å². The molecule has 0 aliphatic carbocycles. The first-order valence-corrected chi connectivity index (χ1v) is 6.78. The Kier molecular flexibility index (Phi) is 7.69. The van der Waals surface area contributed by atoms with E-state index in [0.29, 0.717) is 35.1 Å². The van der Waals surface area contributed by atoms with E-state index in [4.69, 9.17) is 43.1 Å². The number of carbonyl (C=O) groups excluding carboxylic acids is 1. The van der Waals surface area contributed by atoms with E-state index in [1.165, 1.54) is 0 Å². The Hall–Kier alpha value is -1.01. The summed E-state index contributed by atoms with van der Waals surface area (Å²) in [5.41, 5.74) is 5.64. The van der Waals surface area contributed by atoms with Crippen LogP contribution in [0.5, 0.6) is 0 Å². The van der Waals surface area contributed by atoms with Gasteiger partial charge in [-0.05, 0) is 25.0 Å². The van der Waals surface area contributed by atoms with Gasteiger partial charge in [-0.3, -0.25) is 0 Å². The highest BCUT2D eigenvalue weighted by Crippen LogP contribution is 2.34. The van der Waals surface area contributed by atoms with Crippen molar-refractivity contribution in [2.75, 3.05) is 20.5 Å². The Morgan fingerprint density at radius 3 is 2.55 bits per heavy atom. The van der Waals surface area contributed by atoms with Gasteiger partial charge in [-0.25, -0.2) is 4.79 Å². The van der Waals surface area contributed by atoms with Crippen LogP contribution in [0.25, 0.3) is 0 Å². The van der Waals surface area contributed by atoms with Gasteiger partial charge in [-0.2, -0.15) is 0 Å². The summed E-state index contributed by atoms with van der Waals surface area (Å²) in [6.45, 7) is 0.683. The molecule has 1 amide bonds. The van der Waals surface area contributed by atoms with Crippen molar-refractivity contribution in [3.8, 4) is 0 Å². The van der Waals surface area contributed by atoms with Crippen LogP contribution in [-0.4, -0.2) is 26.6 Å². The van der Waals surface area contributed by atoms with Gasteiger partial charge in [-0.15, -0.1) is 0 Å². The summed E-state index contributed by atoms with van der Waals surface area (Å²) in [5, 5.41) is 0.864. The standard InChI is InChI=1S/C13H17Cl2NO4/c1-18-8-19-7-3-6-11(20-13(16)17)12-9(14)4-2-5-10(12)15/h2,4-5,11H,3,6-8H2,1H3,(H2,16,17). The van der Waals surface area contributed by atoms with Gasteiger partial charge in [0.15, 0.2) is 0 Å². The number of nitrogens with two attached hydrogens (primary N) is 1. The SMILES string of the molecule is COCOCCCC(OC(N)=O)c1c(Cl)cccc1Cl. The molecule has 112 valence electrons. The lowest BCUT2D eigenvalue weighted by Crippen LogP contribution is -2.18. The minimum Gasteiger partial charge on any atom is -0.441 e. The molecule has 1 unspecified atom stereocenters. The fourth-order valence-corrected chi connectivity index (χ4v) is 2.37. The summed E-state index contributed by atoms with van der Waals surface area (Å²) in [6.07, 6.45) is -0.331. The molecule has 0 heterocycles. The molecule has 20 heavy (non-hydrogen) atoms. The van der Waals surface area contributed by atoms with Crippen LogP contribution < -0.4 is 5.73 Å². The van der Waals surface area contributed by atoms with Crippen LogP contribution >= 0.6 is 23.2 Å². The molecule has 0 spiro atoms. The lowest BCUT2D eigenvalue weighted by molar-refractivity contribution is -0.0340. The van der Waals surface area contributed by atoms with Gasteiger partial charge in [-0.1, -0.05) is 29.3 Å². The minimum atomic E-state index is -0.871. The number of benzene rings is 1. The second kappa shape index (κ2) is 9.02. The Morgan fingerprint density at radius 2 is 2.00 bits per heavy atom. The van der Waals surface area contributed by atoms with Crippen molar-refractivity contribution in [1.82, 2.24) is 0 Å². The van der Waals surface area contributed by atoms with Gasteiger partial charge in [0.2, 0.25) is 0 Å². The first-order chi connectivity index (χ1) is 9.56. The second-order valence-corrected chi connectivity index (χ2v) is 4.83. The highest BCUT2D eigenvalue weighted by atomic mass is 35.5. The maximum absolute atomic E-state index is 11.0. The summed E-state index contributed by atoms with van der Waals surface area (Å²) >= 11 is 12.2. The number of hydrogen-bond acceptors (Lipinski definition) is 4. The second-order valence-electron chi connectivity index (χ2n) is 4.02. The predicted molar refractivity (Wildman–Crippen MR) is 76.9 cm³/mol. The van der Waals surface area contributed by atoms with E-state index in [1.807, 2.05) is 0 Å². The van der Waals surface area contributed by atoms with Crippen molar-refractivity contribution < 1.29 is 19.0 Å². The molecule has 0 aromatic heterocycles. The van der Waals surface area contributed by atoms with Gasteiger partial charge >= 0.3 is 6.09 Å². The normalized spacial score (nSPS) is 12.2. The molecule has 7 heteroatoms. The minimum absolute atomic E-state index is 0.216. The van der Waals surface area contributed by atoms with Crippen LogP contribution in [0, 0.1) is 0 Å². The Balaban J connectivity index is 2.71. The predicted octanol–water partition coefficient (Wildman–Crippen LogP) is 3.53. The number of methoxy groups -OCH3 is 1. The largest absolute Gasteiger partial charge is 0.441 e. The molecule has 0 aliphatic rings. The monoisotopic (exact) mass is 321 g/mol. The van der Waals surface area contributed by atoms with E-state index in [1.54, 1.807) is 25.3 Å². The summed E-state index contributed by atoms with van der Waals surface area (Å²) < 4.78 is 15.0. The fraction of sp³-hybridized carbons (Fsp3) is 0.462. The number of amides is 1. The van der Waals surface area contributed by atoms with Gasteiger partial charge in [0, 0.05) is 29.3 Å². The quantitative estimate of drug-likeness (QED) is 0.587. The summed E-state index contributed by atoms with van der Waals surface area (Å²) in [4.78, 5) is 11.0. The van der Waals surface area contributed by atoms with Crippen LogP contribution in [0.2, 0.25) is 10.0 Å². The number of rotatable bonds is 8. The van der Waals surface area contributed by atoms with E-state index in [2.05, 4.69) is 0 Å². The zero-order valence-corrected chi connectivity index (χ0v) is 12.6. The molecule has 1 aromatic carbocycles. The molecule has 0 aliphatic heterocycles. The maximum Gasteiger partial charge on any atom is 0.405 e. The average Bonchev–Trinajstić information content (AvgIpc) is 2.37. The molecular formula is C13H17Cl2NO4. The number of carbonyl (C=O) groups is 1. The fourth-order valence-electron chi connectivity index (χ4n) is 1.73. The van der Waals surface area contributed by atoms with Crippen molar-refractivity contribution in [2.24, 2.45) is 5.73 Å². The molecule has 0 fully saturated rings. The number of hydrogen-bond donors (Lipinski definition) is 1.